The van der Waals surface area contributed by atoms with Crippen LogP contribution in [0.4, 0.5) is 0 Å². The van der Waals surface area contributed by atoms with Gasteiger partial charge in [0.15, 0.2) is 5.82 Å². The van der Waals surface area contributed by atoms with Gasteiger partial charge in [-0.2, -0.15) is 4.98 Å². The number of aryl methyl sites for hydroxylation is 2. The van der Waals surface area contributed by atoms with Crippen LogP contribution >= 0.6 is 12.4 Å². The number of nitrogens with one attached hydrogen (secondary N) is 1. The molecule has 0 aliphatic carbocycles. The van der Waals surface area contributed by atoms with Crippen LogP contribution in [0.15, 0.2) is 34.9 Å². The van der Waals surface area contributed by atoms with E-state index in [9.17, 15) is 0 Å². The molecule has 0 saturated carbocycles. The molecule has 1 aliphatic heterocycles. The largest absolute Gasteiger partial charge is 0.339 e. The second-order valence-electron chi connectivity index (χ2n) is 4.72. The van der Waals surface area contributed by atoms with Crippen molar-refractivity contribution < 1.29 is 4.52 Å². The van der Waals surface area contributed by atoms with Gasteiger partial charge in [0.25, 0.3) is 0 Å². The number of halogens is 1. The van der Waals surface area contributed by atoms with E-state index in [1.807, 2.05) is 6.07 Å². The Kier molecular flexibility index (Phi) is 4.93. The Balaban J connectivity index is 0.00000133. The molecule has 0 bridgehead atoms. The summed E-state index contributed by atoms with van der Waals surface area (Å²) in [7, 11) is 0. The minimum atomic E-state index is 0. The fourth-order valence-electron chi connectivity index (χ4n) is 2.30. The summed E-state index contributed by atoms with van der Waals surface area (Å²) in [5.74, 6) is 2.02. The Morgan fingerprint density at radius 2 is 2.05 bits per heavy atom. The van der Waals surface area contributed by atoms with E-state index in [2.05, 4.69) is 39.7 Å². The third-order valence-electron chi connectivity index (χ3n) is 3.37. The second-order valence-corrected chi connectivity index (χ2v) is 4.72. The van der Waals surface area contributed by atoms with Crippen molar-refractivity contribution in [2.45, 2.75) is 25.2 Å². The number of hydrogen-bond acceptors (Lipinski definition) is 4. The zero-order valence-electron chi connectivity index (χ0n) is 10.7. The topological polar surface area (TPSA) is 51.0 Å². The molecule has 19 heavy (non-hydrogen) atoms. The third kappa shape index (κ3) is 3.55. The molecule has 1 atom stereocenters. The van der Waals surface area contributed by atoms with Crippen molar-refractivity contribution in [3.8, 4) is 0 Å². The molecule has 2 heterocycles. The Bertz CT molecular complexity index is 494. The predicted octanol–water partition coefficient (Wildman–Crippen LogP) is 2.35. The normalized spacial score (nSPS) is 18.2. The molecular formula is C14H18ClN3O. The molecule has 1 saturated heterocycles. The van der Waals surface area contributed by atoms with Crippen molar-refractivity contribution >= 4 is 12.4 Å². The van der Waals surface area contributed by atoms with Gasteiger partial charge in [-0.15, -0.1) is 12.4 Å². The van der Waals surface area contributed by atoms with E-state index >= 15 is 0 Å². The standard InChI is InChI=1S/C14H17N3O.ClH/c1-2-4-11(5-3-1)6-7-13-16-14(18-17-13)12-8-9-15-10-12;/h1-5,12,15H,6-10H2;1H/t12-;/m1./s1. The Labute approximate surface area is 119 Å². The van der Waals surface area contributed by atoms with Crippen LogP contribution in [0.1, 0.15) is 29.6 Å². The first-order valence-electron chi connectivity index (χ1n) is 6.49. The lowest BCUT2D eigenvalue weighted by Crippen LogP contribution is -2.08. The summed E-state index contributed by atoms with van der Waals surface area (Å²) in [5, 5.41) is 7.37. The van der Waals surface area contributed by atoms with E-state index < -0.39 is 0 Å². The first kappa shape index (κ1) is 14.0. The lowest BCUT2D eigenvalue weighted by atomic mass is 10.1. The van der Waals surface area contributed by atoms with Crippen LogP contribution in [0, 0.1) is 0 Å². The zero-order valence-corrected chi connectivity index (χ0v) is 11.5. The van der Waals surface area contributed by atoms with Crippen molar-refractivity contribution in [1.82, 2.24) is 15.5 Å². The van der Waals surface area contributed by atoms with Gasteiger partial charge in [0.2, 0.25) is 5.89 Å². The summed E-state index contributed by atoms with van der Waals surface area (Å²) in [6.07, 6.45) is 2.90. The van der Waals surface area contributed by atoms with Crippen molar-refractivity contribution in [1.29, 1.82) is 0 Å². The molecule has 1 fully saturated rings. The van der Waals surface area contributed by atoms with E-state index in [0.29, 0.717) is 5.92 Å². The highest BCUT2D eigenvalue weighted by Gasteiger charge is 2.22. The Morgan fingerprint density at radius 1 is 1.21 bits per heavy atom. The van der Waals surface area contributed by atoms with Gasteiger partial charge in [0.05, 0.1) is 5.92 Å². The number of nitrogens with zero attached hydrogens (tertiary/aromatic N) is 2. The minimum absolute atomic E-state index is 0. The molecule has 1 aromatic heterocycles. The number of aromatic nitrogens is 2. The van der Waals surface area contributed by atoms with E-state index in [1.165, 1.54) is 5.56 Å². The highest BCUT2D eigenvalue weighted by molar-refractivity contribution is 5.85. The SMILES string of the molecule is Cl.c1ccc(CCc2noc([C@@H]3CCNC3)n2)cc1. The van der Waals surface area contributed by atoms with Crippen LogP contribution in [0.3, 0.4) is 0 Å². The van der Waals surface area contributed by atoms with Crippen molar-refractivity contribution in [3.05, 3.63) is 47.6 Å². The van der Waals surface area contributed by atoms with Crippen molar-refractivity contribution in [3.63, 3.8) is 0 Å². The molecule has 102 valence electrons. The molecule has 0 spiro atoms. The highest BCUT2D eigenvalue weighted by Crippen LogP contribution is 2.20. The van der Waals surface area contributed by atoms with Gasteiger partial charge in [-0.05, 0) is 24.9 Å². The summed E-state index contributed by atoms with van der Waals surface area (Å²) < 4.78 is 5.34. The molecular weight excluding hydrogens is 262 g/mol. The van der Waals surface area contributed by atoms with Crippen molar-refractivity contribution in [2.24, 2.45) is 0 Å². The number of hydrogen-bond donors (Lipinski definition) is 1. The van der Waals surface area contributed by atoms with Crippen LogP contribution in [-0.2, 0) is 12.8 Å². The molecule has 0 radical (unpaired) electrons. The summed E-state index contributed by atoms with van der Waals surface area (Å²) >= 11 is 0. The molecule has 1 aromatic carbocycles. The summed E-state index contributed by atoms with van der Waals surface area (Å²) in [4.78, 5) is 4.49. The first-order valence-corrected chi connectivity index (χ1v) is 6.49. The van der Waals surface area contributed by atoms with Crippen molar-refractivity contribution in [2.75, 3.05) is 13.1 Å². The van der Waals surface area contributed by atoms with Gasteiger partial charge in [-0.3, -0.25) is 0 Å². The smallest absolute Gasteiger partial charge is 0.231 e. The fourth-order valence-corrected chi connectivity index (χ4v) is 2.30. The number of benzene rings is 1. The summed E-state index contributed by atoms with van der Waals surface area (Å²) in [6.45, 7) is 2.01. The van der Waals surface area contributed by atoms with E-state index in [-0.39, 0.29) is 12.4 Å². The average molecular weight is 280 g/mol. The lowest BCUT2D eigenvalue weighted by molar-refractivity contribution is 0.354. The quantitative estimate of drug-likeness (QED) is 0.933. The predicted molar refractivity (Wildman–Crippen MR) is 75.6 cm³/mol. The van der Waals surface area contributed by atoms with E-state index in [1.54, 1.807) is 0 Å². The molecule has 1 aliphatic rings. The van der Waals surface area contributed by atoms with Gasteiger partial charge in [-0.1, -0.05) is 35.5 Å². The second kappa shape index (κ2) is 6.68. The summed E-state index contributed by atoms with van der Waals surface area (Å²) in [6, 6.07) is 10.4. The maximum atomic E-state index is 5.34. The van der Waals surface area contributed by atoms with Crippen LogP contribution in [0.2, 0.25) is 0 Å². The zero-order chi connectivity index (χ0) is 12.2. The molecule has 2 aromatic rings. The maximum absolute atomic E-state index is 5.34. The van der Waals surface area contributed by atoms with Crippen LogP contribution < -0.4 is 5.32 Å². The first-order chi connectivity index (χ1) is 8.92. The summed E-state index contributed by atoms with van der Waals surface area (Å²) in [5.41, 5.74) is 1.31. The van der Waals surface area contributed by atoms with Crippen LogP contribution in [-0.4, -0.2) is 23.2 Å². The van der Waals surface area contributed by atoms with Gasteiger partial charge < -0.3 is 9.84 Å². The van der Waals surface area contributed by atoms with Crippen LogP contribution in [0.5, 0.6) is 0 Å². The molecule has 1 N–H and O–H groups in total. The molecule has 5 heteroatoms. The Morgan fingerprint density at radius 3 is 2.79 bits per heavy atom. The molecule has 0 amide bonds. The molecule has 4 nitrogen and oxygen atoms in total. The van der Waals surface area contributed by atoms with E-state index in [4.69, 9.17) is 4.52 Å². The van der Waals surface area contributed by atoms with E-state index in [0.717, 1.165) is 44.1 Å². The monoisotopic (exact) mass is 279 g/mol. The highest BCUT2D eigenvalue weighted by atomic mass is 35.5. The minimum Gasteiger partial charge on any atom is -0.339 e. The van der Waals surface area contributed by atoms with Gasteiger partial charge >= 0.3 is 0 Å². The van der Waals surface area contributed by atoms with Gasteiger partial charge in [-0.25, -0.2) is 0 Å². The molecule has 3 rings (SSSR count). The van der Waals surface area contributed by atoms with Gasteiger partial charge in [0, 0.05) is 13.0 Å². The van der Waals surface area contributed by atoms with Gasteiger partial charge in [0.1, 0.15) is 0 Å². The fraction of sp³-hybridized carbons (Fsp3) is 0.429. The Hall–Kier alpha value is -1.39. The average Bonchev–Trinajstić information content (AvgIpc) is 3.08. The lowest BCUT2D eigenvalue weighted by Gasteiger charge is -1.99. The number of rotatable bonds is 4. The van der Waals surface area contributed by atoms with Crippen LogP contribution in [0.25, 0.3) is 0 Å². The molecule has 0 unspecified atom stereocenters. The third-order valence-corrected chi connectivity index (χ3v) is 3.37. The maximum Gasteiger partial charge on any atom is 0.231 e.